The maximum Gasteiger partial charge on any atom is 0.251 e. The number of amides is 1. The van der Waals surface area contributed by atoms with Crippen molar-refractivity contribution >= 4 is 11.7 Å². The number of benzene rings is 1. The molecule has 0 aliphatic heterocycles. The Bertz CT molecular complexity index is 484. The van der Waals surface area contributed by atoms with Crippen LogP contribution in [-0.2, 0) is 0 Å². The van der Waals surface area contributed by atoms with E-state index < -0.39 is 6.04 Å². The molecule has 1 unspecified atom stereocenters. The molecule has 0 saturated heterocycles. The second-order valence-corrected chi connectivity index (χ2v) is 4.64. The van der Waals surface area contributed by atoms with Crippen LogP contribution in [0.3, 0.4) is 0 Å². The summed E-state index contributed by atoms with van der Waals surface area (Å²) in [6.07, 6.45) is 1.46. The third-order valence-corrected chi connectivity index (χ3v) is 3.12. The number of hydrogen-bond donors (Lipinski definition) is 3. The minimum absolute atomic E-state index is 0.0269. The summed E-state index contributed by atoms with van der Waals surface area (Å²) in [5.74, 6) is -0.188. The number of carbonyl (C=O) groups is 1. The van der Waals surface area contributed by atoms with E-state index in [9.17, 15) is 4.79 Å². The third kappa shape index (κ3) is 3.98. The van der Waals surface area contributed by atoms with E-state index in [-0.39, 0.29) is 11.7 Å². The lowest BCUT2D eigenvalue weighted by Crippen LogP contribution is -2.44. The molecule has 1 rings (SSSR count). The zero-order chi connectivity index (χ0) is 14.4. The van der Waals surface area contributed by atoms with Gasteiger partial charge in [0.25, 0.3) is 5.91 Å². The summed E-state index contributed by atoms with van der Waals surface area (Å²) in [5, 5.41) is 14.4. The van der Waals surface area contributed by atoms with Gasteiger partial charge in [-0.2, -0.15) is 0 Å². The first-order valence-electron chi connectivity index (χ1n) is 6.35. The predicted octanol–water partition coefficient (Wildman–Crippen LogP) is 1.95. The van der Waals surface area contributed by atoms with E-state index in [2.05, 4.69) is 10.5 Å². The second-order valence-electron chi connectivity index (χ2n) is 4.64. The smallest absolute Gasteiger partial charge is 0.251 e. The minimum Gasteiger partial charge on any atom is -0.409 e. The number of nitrogens with zero attached hydrogens (tertiary/aromatic N) is 1. The molecule has 0 aromatic heterocycles. The van der Waals surface area contributed by atoms with Crippen molar-refractivity contribution in [2.75, 3.05) is 0 Å². The lowest BCUT2D eigenvalue weighted by Gasteiger charge is -2.16. The number of carbonyl (C=O) groups excluding carboxylic acids is 1. The topological polar surface area (TPSA) is 87.7 Å². The van der Waals surface area contributed by atoms with Crippen molar-refractivity contribution in [2.45, 2.75) is 39.7 Å². The van der Waals surface area contributed by atoms with E-state index >= 15 is 0 Å². The van der Waals surface area contributed by atoms with E-state index in [1.807, 2.05) is 32.9 Å². The van der Waals surface area contributed by atoms with Gasteiger partial charge in [0.15, 0.2) is 5.84 Å². The van der Waals surface area contributed by atoms with Gasteiger partial charge in [0.05, 0.1) is 6.04 Å². The molecular weight excluding hydrogens is 242 g/mol. The molecule has 1 aromatic rings. The molecule has 0 aliphatic rings. The number of amidine groups is 1. The molecule has 0 bridgehead atoms. The highest BCUT2D eigenvalue weighted by Gasteiger charge is 2.17. The standard InChI is InChI=1S/C14H21N3O2/c1-4-5-12(13(15)17-19)16-14(18)11-7-6-9(2)10(3)8-11/h6-8,12,19H,4-5H2,1-3H3,(H2,15,17)(H,16,18). The number of oxime groups is 1. The van der Waals surface area contributed by atoms with Crippen LogP contribution in [0.5, 0.6) is 0 Å². The van der Waals surface area contributed by atoms with Crippen molar-refractivity contribution in [3.05, 3.63) is 34.9 Å². The van der Waals surface area contributed by atoms with Gasteiger partial charge in [-0.15, -0.1) is 0 Å². The van der Waals surface area contributed by atoms with E-state index in [1.54, 1.807) is 6.07 Å². The summed E-state index contributed by atoms with van der Waals surface area (Å²) in [6, 6.07) is 5.07. The fourth-order valence-electron chi connectivity index (χ4n) is 1.78. The number of nitrogens with one attached hydrogen (secondary N) is 1. The molecule has 0 aliphatic carbocycles. The number of aryl methyl sites for hydroxylation is 2. The van der Waals surface area contributed by atoms with E-state index in [4.69, 9.17) is 10.9 Å². The average molecular weight is 263 g/mol. The summed E-state index contributed by atoms with van der Waals surface area (Å²) in [6.45, 7) is 5.92. The van der Waals surface area contributed by atoms with Gasteiger partial charge in [0, 0.05) is 5.56 Å². The monoisotopic (exact) mass is 263 g/mol. The first-order valence-corrected chi connectivity index (χ1v) is 6.35. The molecule has 0 radical (unpaired) electrons. The van der Waals surface area contributed by atoms with Gasteiger partial charge >= 0.3 is 0 Å². The molecule has 1 amide bonds. The van der Waals surface area contributed by atoms with Gasteiger partial charge in [-0.3, -0.25) is 4.79 Å². The minimum atomic E-state index is -0.441. The third-order valence-electron chi connectivity index (χ3n) is 3.12. The highest BCUT2D eigenvalue weighted by atomic mass is 16.4. The fourth-order valence-corrected chi connectivity index (χ4v) is 1.78. The van der Waals surface area contributed by atoms with Crippen molar-refractivity contribution in [3.63, 3.8) is 0 Å². The SMILES string of the molecule is CCCC(NC(=O)c1ccc(C)c(C)c1)/C(N)=N/O. The summed E-state index contributed by atoms with van der Waals surface area (Å²) in [5.41, 5.74) is 8.34. The zero-order valence-corrected chi connectivity index (χ0v) is 11.6. The fraction of sp³-hybridized carbons (Fsp3) is 0.429. The Balaban J connectivity index is 2.84. The molecule has 0 heterocycles. The van der Waals surface area contributed by atoms with Gasteiger partial charge in [0.2, 0.25) is 0 Å². The Morgan fingerprint density at radius 2 is 2.11 bits per heavy atom. The zero-order valence-electron chi connectivity index (χ0n) is 11.6. The Morgan fingerprint density at radius 1 is 1.42 bits per heavy atom. The molecule has 0 fully saturated rings. The van der Waals surface area contributed by atoms with Gasteiger partial charge in [-0.1, -0.05) is 24.6 Å². The molecule has 0 saturated carbocycles. The summed E-state index contributed by atoms with van der Waals surface area (Å²) in [7, 11) is 0. The number of nitrogens with two attached hydrogens (primary N) is 1. The van der Waals surface area contributed by atoms with Crippen molar-refractivity contribution in [2.24, 2.45) is 10.9 Å². The van der Waals surface area contributed by atoms with Crippen LogP contribution in [0.2, 0.25) is 0 Å². The van der Waals surface area contributed by atoms with Crippen molar-refractivity contribution in [1.29, 1.82) is 0 Å². The lowest BCUT2D eigenvalue weighted by molar-refractivity contribution is 0.0944. The summed E-state index contributed by atoms with van der Waals surface area (Å²) in [4.78, 5) is 12.1. The normalized spacial score (nSPS) is 13.1. The molecule has 1 atom stereocenters. The summed E-state index contributed by atoms with van der Waals surface area (Å²) >= 11 is 0. The van der Waals surface area contributed by atoms with Crippen molar-refractivity contribution in [3.8, 4) is 0 Å². The van der Waals surface area contributed by atoms with Crippen molar-refractivity contribution < 1.29 is 10.0 Å². The largest absolute Gasteiger partial charge is 0.409 e. The molecule has 104 valence electrons. The predicted molar refractivity (Wildman–Crippen MR) is 75.5 cm³/mol. The second kappa shape index (κ2) is 6.78. The van der Waals surface area contributed by atoms with Crippen LogP contribution in [0.15, 0.2) is 23.4 Å². The molecule has 19 heavy (non-hydrogen) atoms. The van der Waals surface area contributed by atoms with Gasteiger partial charge in [-0.25, -0.2) is 0 Å². The molecular formula is C14H21N3O2. The molecule has 0 spiro atoms. The Hall–Kier alpha value is -2.04. The Labute approximate surface area is 113 Å². The highest BCUT2D eigenvalue weighted by Crippen LogP contribution is 2.10. The number of hydrogen-bond acceptors (Lipinski definition) is 3. The Morgan fingerprint density at radius 3 is 2.63 bits per heavy atom. The quantitative estimate of drug-likeness (QED) is 0.328. The maximum atomic E-state index is 12.1. The highest BCUT2D eigenvalue weighted by molar-refractivity contribution is 5.98. The lowest BCUT2D eigenvalue weighted by atomic mass is 10.0. The molecule has 5 heteroatoms. The van der Waals surface area contributed by atoms with E-state index in [0.717, 1.165) is 17.5 Å². The van der Waals surface area contributed by atoms with Crippen LogP contribution in [0.1, 0.15) is 41.3 Å². The van der Waals surface area contributed by atoms with Gasteiger partial charge in [0.1, 0.15) is 0 Å². The van der Waals surface area contributed by atoms with Crippen LogP contribution < -0.4 is 11.1 Å². The number of rotatable bonds is 5. The van der Waals surface area contributed by atoms with Crippen molar-refractivity contribution in [1.82, 2.24) is 5.32 Å². The van der Waals surface area contributed by atoms with E-state index in [1.165, 1.54) is 0 Å². The van der Waals surface area contributed by atoms with Crippen LogP contribution in [0.4, 0.5) is 0 Å². The Kier molecular flexibility index (Phi) is 5.36. The van der Waals surface area contributed by atoms with E-state index in [0.29, 0.717) is 12.0 Å². The first kappa shape index (κ1) is 15.0. The van der Waals surface area contributed by atoms with Crippen LogP contribution in [0, 0.1) is 13.8 Å². The molecule has 4 N–H and O–H groups in total. The molecule has 1 aromatic carbocycles. The molecule has 5 nitrogen and oxygen atoms in total. The summed E-state index contributed by atoms with van der Waals surface area (Å²) < 4.78 is 0. The first-order chi connectivity index (χ1) is 8.99. The van der Waals surface area contributed by atoms with Gasteiger partial charge < -0.3 is 16.3 Å². The van der Waals surface area contributed by atoms with Crippen LogP contribution in [-0.4, -0.2) is 23.0 Å². The van der Waals surface area contributed by atoms with Crippen LogP contribution >= 0.6 is 0 Å². The maximum absolute atomic E-state index is 12.1. The van der Waals surface area contributed by atoms with Crippen LogP contribution in [0.25, 0.3) is 0 Å². The van der Waals surface area contributed by atoms with Gasteiger partial charge in [-0.05, 0) is 43.5 Å². The average Bonchev–Trinajstić information content (AvgIpc) is 2.40.